The van der Waals surface area contributed by atoms with Gasteiger partial charge >= 0.3 is 0 Å². The maximum Gasteiger partial charge on any atom is 0.0123 e. The maximum absolute atomic E-state index is 2.32. The highest BCUT2D eigenvalue weighted by Gasteiger charge is 2.14. The maximum atomic E-state index is 2.32. The summed E-state index contributed by atoms with van der Waals surface area (Å²) in [6.07, 6.45) is 3.56. The summed E-state index contributed by atoms with van der Waals surface area (Å²) in [5.74, 6) is 0.751. The second-order valence-electron chi connectivity index (χ2n) is 3.29. The van der Waals surface area contributed by atoms with Gasteiger partial charge in [0.05, 0.1) is 0 Å². The lowest BCUT2D eigenvalue weighted by Gasteiger charge is -2.16. The Kier molecular flexibility index (Phi) is 1.61. The van der Waals surface area contributed by atoms with Crippen LogP contribution in [0.25, 0.3) is 6.08 Å². The van der Waals surface area contributed by atoms with Gasteiger partial charge in [-0.1, -0.05) is 18.6 Å². The van der Waals surface area contributed by atoms with Gasteiger partial charge in [-0.3, -0.25) is 0 Å². The van der Waals surface area contributed by atoms with E-state index in [0.717, 1.165) is 5.92 Å². The van der Waals surface area contributed by atoms with E-state index < -0.39 is 0 Å². The molecule has 0 aliphatic heterocycles. The molecule has 1 heterocycles. The zero-order valence-corrected chi connectivity index (χ0v) is 7.74. The largest absolute Gasteiger partial charge is 0.148 e. The van der Waals surface area contributed by atoms with Crippen LogP contribution in [0.3, 0.4) is 0 Å². The molecular weight excluding hydrogens is 152 g/mol. The van der Waals surface area contributed by atoms with Crippen LogP contribution in [0.1, 0.15) is 24.3 Å². The highest BCUT2D eigenvalue weighted by atomic mass is 32.1. The van der Waals surface area contributed by atoms with E-state index in [-0.39, 0.29) is 0 Å². The van der Waals surface area contributed by atoms with Gasteiger partial charge in [-0.25, -0.2) is 0 Å². The van der Waals surface area contributed by atoms with Gasteiger partial charge in [-0.05, 0) is 36.3 Å². The van der Waals surface area contributed by atoms with Crippen LogP contribution in [0.5, 0.6) is 0 Å². The van der Waals surface area contributed by atoms with E-state index in [9.17, 15) is 0 Å². The molecule has 0 N–H and O–H groups in total. The Hall–Kier alpha value is -0.560. The first-order chi connectivity index (χ1) is 5.27. The molecule has 2 rings (SSSR count). The average Bonchev–Trinajstić information content (AvgIpc) is 2.36. The van der Waals surface area contributed by atoms with Crippen LogP contribution in [-0.2, 0) is 6.42 Å². The molecule has 0 saturated carbocycles. The topological polar surface area (TPSA) is 0 Å². The van der Waals surface area contributed by atoms with Gasteiger partial charge in [-0.2, -0.15) is 0 Å². The molecule has 0 nitrogen and oxygen atoms in total. The lowest BCUT2D eigenvalue weighted by molar-refractivity contribution is 0.680. The van der Waals surface area contributed by atoms with Crippen molar-refractivity contribution in [1.82, 2.24) is 0 Å². The fraction of sp³-hybridized carbons (Fsp3) is 0.400. The summed E-state index contributed by atoms with van der Waals surface area (Å²) in [7, 11) is 0. The standard InChI is InChI=1S/C10H12S/c1-7-5-9-3-4-11-10(9)6-8(7)2/h3-5,8H,6H2,1-2H3. The summed E-state index contributed by atoms with van der Waals surface area (Å²) in [4.78, 5) is 1.56. The van der Waals surface area contributed by atoms with Crippen LogP contribution in [0.4, 0.5) is 0 Å². The monoisotopic (exact) mass is 164 g/mol. The smallest absolute Gasteiger partial charge is 0.0123 e. The zero-order chi connectivity index (χ0) is 7.84. The predicted octanol–water partition coefficient (Wildman–Crippen LogP) is 3.34. The summed E-state index contributed by atoms with van der Waals surface area (Å²) in [5, 5.41) is 2.19. The summed E-state index contributed by atoms with van der Waals surface area (Å²) >= 11 is 1.89. The van der Waals surface area contributed by atoms with Crippen molar-refractivity contribution in [3.63, 3.8) is 0 Å². The average molecular weight is 164 g/mol. The van der Waals surface area contributed by atoms with Gasteiger partial charge in [0.1, 0.15) is 0 Å². The lowest BCUT2D eigenvalue weighted by atomic mass is 9.91. The predicted molar refractivity (Wildman–Crippen MR) is 50.8 cm³/mol. The fourth-order valence-corrected chi connectivity index (χ4v) is 2.46. The van der Waals surface area contributed by atoms with Gasteiger partial charge in [0.15, 0.2) is 0 Å². The highest BCUT2D eigenvalue weighted by molar-refractivity contribution is 7.10. The van der Waals surface area contributed by atoms with Crippen LogP contribution < -0.4 is 0 Å². The van der Waals surface area contributed by atoms with E-state index >= 15 is 0 Å². The molecule has 0 amide bonds. The van der Waals surface area contributed by atoms with Crippen molar-refractivity contribution in [1.29, 1.82) is 0 Å². The van der Waals surface area contributed by atoms with Crippen molar-refractivity contribution >= 4 is 17.4 Å². The van der Waals surface area contributed by atoms with Gasteiger partial charge < -0.3 is 0 Å². The molecule has 0 saturated heterocycles. The molecule has 1 aliphatic rings. The Bertz CT molecular complexity index is 294. The first-order valence-electron chi connectivity index (χ1n) is 4.02. The van der Waals surface area contributed by atoms with Gasteiger partial charge in [0.2, 0.25) is 0 Å². The second-order valence-corrected chi connectivity index (χ2v) is 4.29. The Labute approximate surface area is 71.6 Å². The SMILES string of the molecule is CC1=Cc2ccsc2CC1C. The van der Waals surface area contributed by atoms with Crippen molar-refractivity contribution in [2.75, 3.05) is 0 Å². The molecule has 0 fully saturated rings. The summed E-state index contributed by atoms with van der Waals surface area (Å²) in [6.45, 7) is 4.53. The van der Waals surface area contributed by atoms with Gasteiger partial charge in [0.25, 0.3) is 0 Å². The molecule has 1 heteroatoms. The summed E-state index contributed by atoms with van der Waals surface area (Å²) < 4.78 is 0. The molecule has 1 aromatic rings. The minimum atomic E-state index is 0.751. The van der Waals surface area contributed by atoms with E-state index in [2.05, 4.69) is 31.4 Å². The molecular formula is C10H12S. The van der Waals surface area contributed by atoms with Crippen molar-refractivity contribution in [2.45, 2.75) is 20.3 Å². The Balaban J connectivity index is 2.47. The molecule has 1 aliphatic carbocycles. The number of allylic oxidation sites excluding steroid dienone is 1. The zero-order valence-electron chi connectivity index (χ0n) is 6.92. The van der Waals surface area contributed by atoms with E-state index in [4.69, 9.17) is 0 Å². The molecule has 1 atom stereocenters. The fourth-order valence-electron chi connectivity index (χ4n) is 1.47. The molecule has 0 spiro atoms. The first kappa shape index (κ1) is 7.11. The molecule has 58 valence electrons. The third-order valence-corrected chi connectivity index (χ3v) is 3.39. The van der Waals surface area contributed by atoms with Crippen LogP contribution in [0.15, 0.2) is 17.0 Å². The number of thiophene rings is 1. The van der Waals surface area contributed by atoms with E-state index in [1.165, 1.54) is 17.6 Å². The Morgan fingerprint density at radius 3 is 3.18 bits per heavy atom. The second kappa shape index (κ2) is 2.49. The van der Waals surface area contributed by atoms with Crippen LogP contribution in [0.2, 0.25) is 0 Å². The number of hydrogen-bond donors (Lipinski definition) is 0. The Morgan fingerprint density at radius 1 is 1.55 bits per heavy atom. The van der Waals surface area contributed by atoms with Crippen LogP contribution in [0, 0.1) is 5.92 Å². The van der Waals surface area contributed by atoms with E-state index in [0.29, 0.717) is 0 Å². The first-order valence-corrected chi connectivity index (χ1v) is 4.90. The summed E-state index contributed by atoms with van der Waals surface area (Å²) in [6, 6.07) is 2.22. The molecule has 11 heavy (non-hydrogen) atoms. The lowest BCUT2D eigenvalue weighted by Crippen LogP contribution is -2.04. The van der Waals surface area contributed by atoms with Crippen LogP contribution >= 0.6 is 11.3 Å². The van der Waals surface area contributed by atoms with Gasteiger partial charge in [-0.15, -0.1) is 11.3 Å². The quantitative estimate of drug-likeness (QED) is 0.551. The minimum Gasteiger partial charge on any atom is -0.148 e. The molecule has 0 bridgehead atoms. The number of fused-ring (bicyclic) bond motifs is 1. The van der Waals surface area contributed by atoms with Crippen molar-refractivity contribution in [3.05, 3.63) is 27.5 Å². The van der Waals surface area contributed by atoms with Crippen LogP contribution in [-0.4, -0.2) is 0 Å². The molecule has 0 radical (unpaired) electrons. The minimum absolute atomic E-state index is 0.751. The number of rotatable bonds is 0. The van der Waals surface area contributed by atoms with Crippen molar-refractivity contribution in [2.24, 2.45) is 5.92 Å². The van der Waals surface area contributed by atoms with Crippen molar-refractivity contribution in [3.8, 4) is 0 Å². The van der Waals surface area contributed by atoms with Crippen molar-refractivity contribution < 1.29 is 0 Å². The molecule has 1 unspecified atom stereocenters. The highest BCUT2D eigenvalue weighted by Crippen LogP contribution is 2.31. The normalized spacial score (nSPS) is 22.7. The third kappa shape index (κ3) is 1.14. The molecule has 1 aromatic heterocycles. The number of hydrogen-bond acceptors (Lipinski definition) is 1. The molecule has 0 aromatic carbocycles. The third-order valence-electron chi connectivity index (χ3n) is 2.43. The Morgan fingerprint density at radius 2 is 2.36 bits per heavy atom. The van der Waals surface area contributed by atoms with E-state index in [1.807, 2.05) is 11.3 Å². The van der Waals surface area contributed by atoms with Gasteiger partial charge in [0, 0.05) is 4.88 Å². The van der Waals surface area contributed by atoms with E-state index in [1.54, 1.807) is 4.88 Å². The summed E-state index contributed by atoms with van der Waals surface area (Å²) in [5.41, 5.74) is 2.97.